The number of carbonyl (C=O) groups excluding carboxylic acids is 1. The minimum Gasteiger partial charge on any atom is -0.390 e. The second-order valence-electron chi connectivity index (χ2n) is 8.91. The van der Waals surface area contributed by atoms with Crippen molar-refractivity contribution in [2.75, 3.05) is 6.54 Å². The van der Waals surface area contributed by atoms with Gasteiger partial charge in [0.05, 0.1) is 18.2 Å². The molecule has 1 heterocycles. The van der Waals surface area contributed by atoms with E-state index in [2.05, 4.69) is 5.16 Å². The molecule has 4 nitrogen and oxygen atoms in total. The molecule has 0 N–H and O–H groups in total. The zero-order valence-electron chi connectivity index (χ0n) is 19.8. The molecule has 0 unspecified atom stereocenters. The third kappa shape index (κ3) is 5.36. The molecule has 5 rings (SSSR count). The van der Waals surface area contributed by atoms with Gasteiger partial charge in [-0.2, -0.15) is 0 Å². The highest BCUT2D eigenvalue weighted by Gasteiger charge is 2.32. The molecule has 0 radical (unpaired) electrons. The number of rotatable bonds is 8. The molecular weight excluding hydrogens is 451 g/mol. The van der Waals surface area contributed by atoms with Crippen molar-refractivity contribution in [2.45, 2.75) is 25.0 Å². The van der Waals surface area contributed by atoms with Crippen molar-refractivity contribution in [3.05, 3.63) is 143 Å². The Labute approximate surface area is 210 Å². The van der Waals surface area contributed by atoms with E-state index in [9.17, 15) is 9.18 Å². The zero-order valence-corrected chi connectivity index (χ0v) is 19.8. The molecule has 0 saturated carbocycles. The van der Waals surface area contributed by atoms with Crippen molar-refractivity contribution in [3.63, 3.8) is 0 Å². The summed E-state index contributed by atoms with van der Waals surface area (Å²) >= 11 is 0. The minimum atomic E-state index is -0.454. The summed E-state index contributed by atoms with van der Waals surface area (Å²) in [5.74, 6) is -0.797. The van der Waals surface area contributed by atoms with E-state index in [1.54, 1.807) is 18.2 Å². The molecule has 1 aliphatic rings. The van der Waals surface area contributed by atoms with Crippen LogP contribution < -0.4 is 0 Å². The number of hydrogen-bond acceptors (Lipinski definition) is 3. The van der Waals surface area contributed by atoms with Crippen LogP contribution in [-0.4, -0.2) is 29.2 Å². The first-order valence-corrected chi connectivity index (χ1v) is 12.1. The average Bonchev–Trinajstić information content (AvgIpc) is 3.39. The molecule has 36 heavy (non-hydrogen) atoms. The first kappa shape index (κ1) is 23.5. The van der Waals surface area contributed by atoms with E-state index < -0.39 is 5.92 Å². The fourth-order valence-corrected chi connectivity index (χ4v) is 4.61. The van der Waals surface area contributed by atoms with Gasteiger partial charge in [-0.05, 0) is 22.8 Å². The summed E-state index contributed by atoms with van der Waals surface area (Å²) in [5, 5.41) is 4.17. The number of hydrogen-bond donors (Lipinski definition) is 0. The van der Waals surface area contributed by atoms with E-state index in [0.29, 0.717) is 30.8 Å². The van der Waals surface area contributed by atoms with Gasteiger partial charge in [0.25, 0.3) is 0 Å². The van der Waals surface area contributed by atoms with Gasteiger partial charge >= 0.3 is 0 Å². The Morgan fingerprint density at radius 2 is 1.39 bits per heavy atom. The summed E-state index contributed by atoms with van der Waals surface area (Å²) in [6.07, 6.45) is 0.0698. The topological polar surface area (TPSA) is 41.9 Å². The van der Waals surface area contributed by atoms with E-state index in [0.717, 1.165) is 16.7 Å². The molecule has 0 saturated heterocycles. The molecule has 0 spiro atoms. The van der Waals surface area contributed by atoms with Crippen LogP contribution in [0.5, 0.6) is 0 Å². The van der Waals surface area contributed by atoms with Gasteiger partial charge in [0.1, 0.15) is 5.82 Å². The van der Waals surface area contributed by atoms with Crippen molar-refractivity contribution in [3.8, 4) is 0 Å². The van der Waals surface area contributed by atoms with Gasteiger partial charge in [-0.1, -0.05) is 114 Å². The molecule has 1 aliphatic heterocycles. The van der Waals surface area contributed by atoms with Gasteiger partial charge in [-0.15, -0.1) is 0 Å². The SMILES string of the molecule is O=C(C(c1ccccc1)c1ccccc1)N(Cc1ccccc1)C[C@H]1CC(c2ccccc2F)=NO1. The second kappa shape index (κ2) is 11.0. The Morgan fingerprint density at radius 3 is 2.00 bits per heavy atom. The van der Waals surface area contributed by atoms with Crippen LogP contribution in [0.3, 0.4) is 0 Å². The predicted molar refractivity (Wildman–Crippen MR) is 139 cm³/mol. The first-order valence-electron chi connectivity index (χ1n) is 12.1. The maximum absolute atomic E-state index is 14.3. The van der Waals surface area contributed by atoms with Crippen molar-refractivity contribution in [1.29, 1.82) is 0 Å². The number of oxime groups is 1. The highest BCUT2D eigenvalue weighted by molar-refractivity contribution is 6.01. The maximum Gasteiger partial charge on any atom is 0.235 e. The van der Waals surface area contributed by atoms with Gasteiger partial charge in [-0.3, -0.25) is 4.79 Å². The Hall–Kier alpha value is -4.25. The molecule has 0 fully saturated rings. The van der Waals surface area contributed by atoms with Crippen LogP contribution in [0.15, 0.2) is 120 Å². The fourth-order valence-electron chi connectivity index (χ4n) is 4.61. The monoisotopic (exact) mass is 478 g/mol. The average molecular weight is 479 g/mol. The smallest absolute Gasteiger partial charge is 0.235 e. The lowest BCUT2D eigenvalue weighted by Gasteiger charge is -2.29. The Morgan fingerprint density at radius 1 is 0.833 bits per heavy atom. The highest BCUT2D eigenvalue weighted by atomic mass is 19.1. The second-order valence-corrected chi connectivity index (χ2v) is 8.91. The van der Waals surface area contributed by atoms with Gasteiger partial charge < -0.3 is 9.74 Å². The fraction of sp³-hybridized carbons (Fsp3) is 0.161. The number of amides is 1. The summed E-state index contributed by atoms with van der Waals surface area (Å²) in [5.41, 5.74) is 3.89. The van der Waals surface area contributed by atoms with Gasteiger partial charge in [-0.25, -0.2) is 4.39 Å². The molecule has 1 amide bonds. The third-order valence-corrected chi connectivity index (χ3v) is 6.38. The summed E-state index contributed by atoms with van der Waals surface area (Å²) < 4.78 is 14.3. The van der Waals surface area contributed by atoms with Crippen LogP contribution in [0.1, 0.15) is 34.6 Å². The largest absolute Gasteiger partial charge is 0.390 e. The number of benzene rings is 4. The lowest BCUT2D eigenvalue weighted by molar-refractivity contribution is -0.134. The third-order valence-electron chi connectivity index (χ3n) is 6.38. The highest BCUT2D eigenvalue weighted by Crippen LogP contribution is 2.29. The van der Waals surface area contributed by atoms with Gasteiger partial charge in [0.15, 0.2) is 6.10 Å². The normalized spacial score (nSPS) is 14.8. The lowest BCUT2D eigenvalue weighted by Crippen LogP contribution is -2.40. The zero-order chi connectivity index (χ0) is 24.7. The van der Waals surface area contributed by atoms with E-state index in [1.165, 1.54) is 6.07 Å². The van der Waals surface area contributed by atoms with Crippen molar-refractivity contribution in [1.82, 2.24) is 4.90 Å². The van der Waals surface area contributed by atoms with Crippen LogP contribution in [0.25, 0.3) is 0 Å². The molecule has 4 aromatic rings. The quantitative estimate of drug-likeness (QED) is 0.304. The maximum atomic E-state index is 14.3. The van der Waals surface area contributed by atoms with Gasteiger partial charge in [0.2, 0.25) is 5.91 Å². The van der Waals surface area contributed by atoms with Gasteiger partial charge in [0, 0.05) is 18.5 Å². The molecule has 0 aromatic heterocycles. The van der Waals surface area contributed by atoms with Crippen LogP contribution in [-0.2, 0) is 16.2 Å². The molecule has 1 atom stereocenters. The van der Waals surface area contributed by atoms with E-state index in [-0.39, 0.29) is 17.8 Å². The standard InChI is InChI=1S/C31H27FN2O2/c32-28-19-11-10-18-27(28)29-20-26(36-33-29)22-34(21-23-12-4-1-5-13-23)31(35)30(24-14-6-2-7-15-24)25-16-8-3-9-17-25/h1-19,26,30H,20-22H2/t26-/m1/s1. The summed E-state index contributed by atoms with van der Waals surface area (Å²) in [4.78, 5) is 21.8. The Bertz CT molecular complexity index is 1290. The number of nitrogens with zero attached hydrogens (tertiary/aromatic N) is 2. The lowest BCUT2D eigenvalue weighted by atomic mass is 9.89. The molecule has 0 bridgehead atoms. The summed E-state index contributed by atoms with van der Waals surface area (Å²) in [7, 11) is 0. The molecule has 4 aromatic carbocycles. The minimum absolute atomic E-state index is 0.0146. The van der Waals surface area contributed by atoms with E-state index in [4.69, 9.17) is 4.84 Å². The summed E-state index contributed by atoms with van der Waals surface area (Å²) in [6, 6.07) is 36.1. The predicted octanol–water partition coefficient (Wildman–Crippen LogP) is 6.18. The summed E-state index contributed by atoms with van der Waals surface area (Å²) in [6.45, 7) is 0.774. The van der Waals surface area contributed by atoms with Crippen LogP contribution in [0.2, 0.25) is 0 Å². The molecule has 0 aliphatic carbocycles. The number of halogens is 1. The first-order chi connectivity index (χ1) is 17.7. The molecule has 180 valence electrons. The molecular formula is C31H27FN2O2. The number of carbonyl (C=O) groups is 1. The van der Waals surface area contributed by atoms with Crippen LogP contribution in [0, 0.1) is 5.82 Å². The Balaban J connectivity index is 1.43. The van der Waals surface area contributed by atoms with Crippen molar-refractivity contribution >= 4 is 11.6 Å². The van der Waals surface area contributed by atoms with Crippen molar-refractivity contribution in [2.24, 2.45) is 5.16 Å². The van der Waals surface area contributed by atoms with Crippen molar-refractivity contribution < 1.29 is 14.0 Å². The molecule has 5 heteroatoms. The van der Waals surface area contributed by atoms with E-state index in [1.807, 2.05) is 95.9 Å². The van der Waals surface area contributed by atoms with Crippen LogP contribution in [0.4, 0.5) is 4.39 Å². The van der Waals surface area contributed by atoms with E-state index >= 15 is 0 Å². The van der Waals surface area contributed by atoms with Crippen LogP contribution >= 0.6 is 0 Å². The Kier molecular flexibility index (Phi) is 7.17.